The highest BCUT2D eigenvalue weighted by atomic mass is 28.4. The molecule has 1 fully saturated rings. The van der Waals surface area contributed by atoms with Crippen molar-refractivity contribution < 1.29 is 8.85 Å². The number of hydrogen-bond donors (Lipinski definition) is 0. The van der Waals surface area contributed by atoms with Gasteiger partial charge in [-0.05, 0) is 52.1 Å². The molecule has 0 aromatic rings. The van der Waals surface area contributed by atoms with Crippen LogP contribution in [0.25, 0.3) is 0 Å². The van der Waals surface area contributed by atoms with Crippen LogP contribution in [0, 0.1) is 11.8 Å². The molecule has 1 saturated carbocycles. The first kappa shape index (κ1) is 14.2. The van der Waals surface area contributed by atoms with Gasteiger partial charge in [-0.2, -0.15) is 0 Å². The summed E-state index contributed by atoms with van der Waals surface area (Å²) in [6, 6.07) is 0. The third kappa shape index (κ3) is 3.21. The first-order chi connectivity index (χ1) is 8.17. The SMILES string of the molecule is C[Si](C)(C)OC1=C(O[Si](C)(C)C)C2CCCCC12. The summed E-state index contributed by atoms with van der Waals surface area (Å²) in [5.74, 6) is 3.83. The molecule has 2 rings (SSSR count). The van der Waals surface area contributed by atoms with E-state index in [1.165, 1.54) is 37.2 Å². The first-order valence-electron chi connectivity index (χ1n) is 7.29. The highest BCUT2D eigenvalue weighted by Gasteiger charge is 2.47. The smallest absolute Gasteiger partial charge is 0.241 e. The van der Waals surface area contributed by atoms with Crippen molar-refractivity contribution in [1.29, 1.82) is 0 Å². The second-order valence-electron chi connectivity index (χ2n) is 7.65. The first-order valence-corrected chi connectivity index (χ1v) is 14.1. The van der Waals surface area contributed by atoms with Gasteiger partial charge in [-0.15, -0.1) is 0 Å². The molecular formula is C14H28O2Si2. The van der Waals surface area contributed by atoms with Gasteiger partial charge in [0.2, 0.25) is 16.6 Å². The van der Waals surface area contributed by atoms with Gasteiger partial charge in [0.05, 0.1) is 0 Å². The predicted octanol–water partition coefficient (Wildman–Crippen LogP) is 4.72. The van der Waals surface area contributed by atoms with E-state index in [0.717, 1.165) is 0 Å². The molecule has 2 aliphatic carbocycles. The Hall–Kier alpha value is -0.226. The van der Waals surface area contributed by atoms with Crippen molar-refractivity contribution in [2.75, 3.05) is 0 Å². The van der Waals surface area contributed by atoms with Gasteiger partial charge in [0.25, 0.3) is 0 Å². The van der Waals surface area contributed by atoms with Gasteiger partial charge in [0.15, 0.2) is 0 Å². The molecule has 0 aliphatic heterocycles. The van der Waals surface area contributed by atoms with Crippen molar-refractivity contribution in [3.8, 4) is 0 Å². The normalized spacial score (nSPS) is 28.6. The number of hydrogen-bond acceptors (Lipinski definition) is 2. The summed E-state index contributed by atoms with van der Waals surface area (Å²) >= 11 is 0. The summed E-state index contributed by atoms with van der Waals surface area (Å²) in [5, 5.41) is 0. The summed E-state index contributed by atoms with van der Waals surface area (Å²) < 4.78 is 12.6. The summed E-state index contributed by atoms with van der Waals surface area (Å²) in [5.41, 5.74) is 0. The number of fused-ring (bicyclic) bond motifs is 1. The molecule has 18 heavy (non-hydrogen) atoms. The lowest BCUT2D eigenvalue weighted by molar-refractivity contribution is 0.109. The summed E-state index contributed by atoms with van der Waals surface area (Å²) in [6.45, 7) is 13.6. The van der Waals surface area contributed by atoms with Gasteiger partial charge in [-0.25, -0.2) is 0 Å². The molecule has 4 heteroatoms. The van der Waals surface area contributed by atoms with E-state index in [1.807, 2.05) is 0 Å². The molecule has 0 saturated heterocycles. The van der Waals surface area contributed by atoms with Crippen LogP contribution in [0.2, 0.25) is 39.3 Å². The van der Waals surface area contributed by atoms with Crippen LogP contribution in [0.3, 0.4) is 0 Å². The van der Waals surface area contributed by atoms with Crippen LogP contribution < -0.4 is 0 Å². The minimum atomic E-state index is -1.51. The van der Waals surface area contributed by atoms with Crippen LogP contribution in [0.5, 0.6) is 0 Å². The maximum absolute atomic E-state index is 6.32. The largest absolute Gasteiger partial charge is 0.545 e. The molecule has 0 amide bonds. The number of rotatable bonds is 4. The van der Waals surface area contributed by atoms with Crippen molar-refractivity contribution in [3.05, 3.63) is 11.5 Å². The van der Waals surface area contributed by atoms with Crippen LogP contribution in [-0.4, -0.2) is 16.6 Å². The third-order valence-corrected chi connectivity index (χ3v) is 5.18. The van der Waals surface area contributed by atoms with Crippen molar-refractivity contribution >= 4 is 16.6 Å². The quantitative estimate of drug-likeness (QED) is 0.695. The highest BCUT2D eigenvalue weighted by Crippen LogP contribution is 2.51. The average molecular weight is 285 g/mol. The molecule has 0 spiro atoms. The molecule has 0 radical (unpaired) electrons. The number of allylic oxidation sites excluding steroid dienone is 2. The van der Waals surface area contributed by atoms with Gasteiger partial charge < -0.3 is 8.85 Å². The summed E-state index contributed by atoms with van der Waals surface area (Å²) in [7, 11) is -3.01. The summed E-state index contributed by atoms with van der Waals surface area (Å²) in [6.07, 6.45) is 5.34. The van der Waals surface area contributed by atoms with Gasteiger partial charge in [0.1, 0.15) is 11.5 Å². The lowest BCUT2D eigenvalue weighted by atomic mass is 9.69. The fourth-order valence-corrected chi connectivity index (χ4v) is 4.76. The Morgan fingerprint density at radius 1 is 0.722 bits per heavy atom. The third-order valence-electron chi connectivity index (χ3n) is 3.51. The van der Waals surface area contributed by atoms with Crippen molar-refractivity contribution in [2.45, 2.75) is 65.0 Å². The van der Waals surface area contributed by atoms with E-state index in [4.69, 9.17) is 8.85 Å². The minimum absolute atomic E-state index is 0.678. The van der Waals surface area contributed by atoms with Crippen LogP contribution in [-0.2, 0) is 8.85 Å². The molecule has 0 heterocycles. The molecule has 2 aliphatic rings. The molecule has 2 atom stereocenters. The lowest BCUT2D eigenvalue weighted by Gasteiger charge is -2.47. The second-order valence-corrected chi connectivity index (χ2v) is 16.5. The van der Waals surface area contributed by atoms with Gasteiger partial charge in [-0.1, -0.05) is 12.8 Å². The molecular weight excluding hydrogens is 256 g/mol. The monoisotopic (exact) mass is 284 g/mol. The van der Waals surface area contributed by atoms with Crippen LogP contribution >= 0.6 is 0 Å². The molecule has 0 aromatic carbocycles. The zero-order valence-corrected chi connectivity index (χ0v) is 14.8. The Kier molecular flexibility index (Phi) is 3.71. The molecule has 0 bridgehead atoms. The van der Waals surface area contributed by atoms with E-state index >= 15 is 0 Å². The predicted molar refractivity (Wildman–Crippen MR) is 81.3 cm³/mol. The van der Waals surface area contributed by atoms with Crippen molar-refractivity contribution in [3.63, 3.8) is 0 Å². The van der Waals surface area contributed by atoms with Crippen LogP contribution in [0.1, 0.15) is 25.7 Å². The maximum Gasteiger partial charge on any atom is 0.241 e. The highest BCUT2D eigenvalue weighted by molar-refractivity contribution is 6.70. The Morgan fingerprint density at radius 3 is 1.33 bits per heavy atom. The topological polar surface area (TPSA) is 18.5 Å². The van der Waals surface area contributed by atoms with Gasteiger partial charge in [-0.3, -0.25) is 0 Å². The zero-order valence-electron chi connectivity index (χ0n) is 12.8. The Balaban J connectivity index is 2.19. The molecule has 0 aromatic heterocycles. The second kappa shape index (κ2) is 4.71. The van der Waals surface area contributed by atoms with E-state index in [1.54, 1.807) is 0 Å². The maximum atomic E-state index is 6.32. The fourth-order valence-electron chi connectivity index (χ4n) is 2.94. The van der Waals surface area contributed by atoms with Crippen LogP contribution in [0.4, 0.5) is 0 Å². The van der Waals surface area contributed by atoms with Crippen molar-refractivity contribution in [2.24, 2.45) is 11.8 Å². The van der Waals surface area contributed by atoms with E-state index in [2.05, 4.69) is 39.3 Å². The van der Waals surface area contributed by atoms with Gasteiger partial charge in [0, 0.05) is 11.8 Å². The van der Waals surface area contributed by atoms with Crippen molar-refractivity contribution in [1.82, 2.24) is 0 Å². The molecule has 104 valence electrons. The van der Waals surface area contributed by atoms with Crippen LogP contribution in [0.15, 0.2) is 11.5 Å². The Morgan fingerprint density at radius 2 is 1.06 bits per heavy atom. The standard InChI is InChI=1S/C14H28O2Si2/c1-17(2,3)15-13-11-9-7-8-10-12(11)14(13)16-18(4,5)6/h11-12H,7-10H2,1-6H3. The Bertz CT molecular complexity index is 316. The van der Waals surface area contributed by atoms with E-state index < -0.39 is 16.6 Å². The van der Waals surface area contributed by atoms with E-state index in [9.17, 15) is 0 Å². The summed E-state index contributed by atoms with van der Waals surface area (Å²) in [4.78, 5) is 0. The lowest BCUT2D eigenvalue weighted by Crippen LogP contribution is -2.43. The molecule has 2 nitrogen and oxygen atoms in total. The zero-order chi connectivity index (χ0) is 13.6. The average Bonchev–Trinajstić information content (AvgIpc) is 2.21. The van der Waals surface area contributed by atoms with E-state index in [0.29, 0.717) is 11.8 Å². The van der Waals surface area contributed by atoms with E-state index in [-0.39, 0.29) is 0 Å². The molecule has 0 N–H and O–H groups in total. The van der Waals surface area contributed by atoms with Gasteiger partial charge >= 0.3 is 0 Å². The Labute approximate surface area is 114 Å². The fraction of sp³-hybridized carbons (Fsp3) is 0.857. The minimum Gasteiger partial charge on any atom is -0.545 e. The molecule has 2 unspecified atom stereocenters.